The molecule has 0 aromatic carbocycles. The zero-order valence-electron chi connectivity index (χ0n) is 14.2. The van der Waals surface area contributed by atoms with E-state index in [1.54, 1.807) is 0 Å². The van der Waals surface area contributed by atoms with E-state index < -0.39 is 36.5 Å². The van der Waals surface area contributed by atoms with Crippen LogP contribution in [0.15, 0.2) is 0 Å². The summed E-state index contributed by atoms with van der Waals surface area (Å²) in [6.45, 7) is 3.91. The highest BCUT2D eigenvalue weighted by Gasteiger charge is 2.60. The van der Waals surface area contributed by atoms with Crippen LogP contribution in [-0.4, -0.2) is 24.7 Å². The van der Waals surface area contributed by atoms with Gasteiger partial charge in [0, 0.05) is 11.8 Å². The third-order valence-corrected chi connectivity index (χ3v) is 7.14. The fourth-order valence-corrected chi connectivity index (χ4v) is 5.97. The average Bonchev–Trinajstić information content (AvgIpc) is 2.54. The maximum Gasteiger partial charge on any atom is 0.137 e. The van der Waals surface area contributed by atoms with E-state index in [2.05, 4.69) is 0 Å². The molecule has 10 unspecified atom stereocenters. The summed E-state index contributed by atoms with van der Waals surface area (Å²) in [7, 11) is 0. The summed E-state index contributed by atoms with van der Waals surface area (Å²) in [6, 6.07) is 0. The number of fused-ring (bicyclic) bond motifs is 3. The molecule has 3 saturated carbocycles. The molecule has 10 atom stereocenters. The summed E-state index contributed by atoms with van der Waals surface area (Å²) < 4.78 is 59.2. The molecule has 0 radical (unpaired) electrons. The molecule has 0 aromatic heterocycles. The van der Waals surface area contributed by atoms with E-state index in [1.165, 1.54) is 0 Å². The molecule has 0 nitrogen and oxygen atoms in total. The molecule has 0 aromatic rings. The Labute approximate surface area is 137 Å². The van der Waals surface area contributed by atoms with E-state index in [4.69, 9.17) is 0 Å². The van der Waals surface area contributed by atoms with Gasteiger partial charge in [-0.1, -0.05) is 26.7 Å². The minimum absolute atomic E-state index is 0.142. The number of hydrogen-bond donors (Lipinski definition) is 0. The highest BCUT2D eigenvalue weighted by atomic mass is 19.2. The first-order valence-corrected chi connectivity index (χ1v) is 9.57. The molecule has 0 heterocycles. The predicted molar refractivity (Wildman–Crippen MR) is 84.2 cm³/mol. The van der Waals surface area contributed by atoms with Crippen LogP contribution in [-0.2, 0) is 0 Å². The normalized spacial score (nSPS) is 53.5. The van der Waals surface area contributed by atoms with Gasteiger partial charge in [-0.15, -0.1) is 0 Å². The zero-order chi connectivity index (χ0) is 16.7. The predicted octanol–water partition coefficient (Wildman–Crippen LogP) is 5.85. The van der Waals surface area contributed by atoms with Gasteiger partial charge in [-0.3, -0.25) is 0 Å². The van der Waals surface area contributed by atoms with Gasteiger partial charge in [-0.25, -0.2) is 17.6 Å². The van der Waals surface area contributed by atoms with Crippen molar-refractivity contribution in [1.82, 2.24) is 0 Å². The molecule has 0 bridgehead atoms. The lowest BCUT2D eigenvalue weighted by atomic mass is 9.53. The fourth-order valence-electron chi connectivity index (χ4n) is 5.97. The maximum atomic E-state index is 14.9. The maximum absolute atomic E-state index is 14.9. The van der Waals surface area contributed by atoms with Crippen LogP contribution in [0.25, 0.3) is 0 Å². The van der Waals surface area contributed by atoms with Gasteiger partial charge in [0.1, 0.15) is 24.7 Å². The minimum Gasteiger partial charge on any atom is -0.247 e. The monoisotopic (exact) mass is 334 g/mol. The average molecular weight is 334 g/mol. The fraction of sp³-hybridized carbons (Fsp3) is 1.00. The first-order valence-electron chi connectivity index (χ1n) is 9.57. The first kappa shape index (κ1) is 17.5. The standard InChI is InChI=1S/C19H30F4/c1-3-5-11-7-9-13-12-8-6-10(4-2)16(20)14(12)18(22)19(23)15(13)17(11)21/h10-19H,3-9H2,1-2H3. The second kappa shape index (κ2) is 6.92. The van der Waals surface area contributed by atoms with Gasteiger partial charge in [-0.2, -0.15) is 0 Å². The van der Waals surface area contributed by atoms with Crippen molar-refractivity contribution in [3.05, 3.63) is 0 Å². The van der Waals surface area contributed by atoms with E-state index in [0.717, 1.165) is 38.5 Å². The Morgan fingerprint density at radius 2 is 1.13 bits per heavy atom. The molecular formula is C19H30F4. The molecule has 3 aliphatic rings. The van der Waals surface area contributed by atoms with Gasteiger partial charge in [-0.05, 0) is 55.8 Å². The molecule has 3 rings (SSSR count). The van der Waals surface area contributed by atoms with Crippen molar-refractivity contribution in [3.8, 4) is 0 Å². The lowest BCUT2D eigenvalue weighted by Crippen LogP contribution is -2.59. The quantitative estimate of drug-likeness (QED) is 0.568. The summed E-state index contributed by atoms with van der Waals surface area (Å²) in [6.07, 6.45) is -0.930. The van der Waals surface area contributed by atoms with E-state index >= 15 is 0 Å². The van der Waals surface area contributed by atoms with E-state index in [0.29, 0.717) is 6.42 Å². The van der Waals surface area contributed by atoms with Crippen LogP contribution >= 0.6 is 0 Å². The Morgan fingerprint density at radius 3 is 1.61 bits per heavy atom. The topological polar surface area (TPSA) is 0 Å². The summed E-state index contributed by atoms with van der Waals surface area (Å²) in [5, 5.41) is 0. The highest BCUT2D eigenvalue weighted by molar-refractivity contribution is 5.07. The third kappa shape index (κ3) is 2.82. The van der Waals surface area contributed by atoms with Crippen molar-refractivity contribution in [2.75, 3.05) is 0 Å². The van der Waals surface area contributed by atoms with Crippen LogP contribution in [0.5, 0.6) is 0 Å². The van der Waals surface area contributed by atoms with Gasteiger partial charge in [0.05, 0.1) is 0 Å². The summed E-state index contributed by atoms with van der Waals surface area (Å²) in [4.78, 5) is 0. The third-order valence-electron chi connectivity index (χ3n) is 7.14. The van der Waals surface area contributed by atoms with Crippen LogP contribution in [0, 0.1) is 35.5 Å². The molecule has 134 valence electrons. The van der Waals surface area contributed by atoms with Crippen molar-refractivity contribution in [1.29, 1.82) is 0 Å². The lowest BCUT2D eigenvalue weighted by Gasteiger charge is -2.55. The summed E-state index contributed by atoms with van der Waals surface area (Å²) in [5.74, 6) is -2.32. The van der Waals surface area contributed by atoms with Gasteiger partial charge < -0.3 is 0 Å². The van der Waals surface area contributed by atoms with Crippen LogP contribution in [0.4, 0.5) is 17.6 Å². The number of rotatable bonds is 3. The molecule has 3 aliphatic carbocycles. The Kier molecular flexibility index (Phi) is 5.27. The van der Waals surface area contributed by atoms with E-state index in [1.807, 2.05) is 13.8 Å². The molecule has 23 heavy (non-hydrogen) atoms. The molecule has 0 saturated heterocycles. The molecular weight excluding hydrogens is 304 g/mol. The number of alkyl halides is 4. The van der Waals surface area contributed by atoms with Crippen LogP contribution in [0.2, 0.25) is 0 Å². The summed E-state index contributed by atoms with van der Waals surface area (Å²) >= 11 is 0. The van der Waals surface area contributed by atoms with Crippen molar-refractivity contribution in [2.45, 2.75) is 83.5 Å². The number of hydrogen-bond acceptors (Lipinski definition) is 0. The number of halogens is 4. The molecule has 0 spiro atoms. The van der Waals surface area contributed by atoms with E-state index in [-0.39, 0.29) is 23.7 Å². The molecule has 0 aliphatic heterocycles. The minimum atomic E-state index is -1.83. The Hall–Kier alpha value is -0.280. The lowest BCUT2D eigenvalue weighted by molar-refractivity contribution is -0.152. The summed E-state index contributed by atoms with van der Waals surface area (Å²) in [5.41, 5.74) is 0. The second-order valence-corrected chi connectivity index (χ2v) is 8.13. The first-order chi connectivity index (χ1) is 11.0. The van der Waals surface area contributed by atoms with Gasteiger partial charge in [0.25, 0.3) is 0 Å². The zero-order valence-corrected chi connectivity index (χ0v) is 14.2. The SMILES string of the molecule is CCCC1CCC2C3CCC(CC)C(F)C3C(F)C(F)C2C1F. The highest BCUT2D eigenvalue weighted by Crippen LogP contribution is 2.57. The van der Waals surface area contributed by atoms with Crippen molar-refractivity contribution < 1.29 is 17.6 Å². The van der Waals surface area contributed by atoms with Crippen LogP contribution in [0.3, 0.4) is 0 Å². The smallest absolute Gasteiger partial charge is 0.137 e. The Morgan fingerprint density at radius 1 is 0.652 bits per heavy atom. The molecule has 3 fully saturated rings. The molecule has 4 heteroatoms. The van der Waals surface area contributed by atoms with Gasteiger partial charge >= 0.3 is 0 Å². The largest absolute Gasteiger partial charge is 0.247 e. The van der Waals surface area contributed by atoms with Gasteiger partial charge in [0.15, 0.2) is 0 Å². The van der Waals surface area contributed by atoms with Crippen molar-refractivity contribution >= 4 is 0 Å². The van der Waals surface area contributed by atoms with Crippen LogP contribution in [0.1, 0.15) is 58.8 Å². The van der Waals surface area contributed by atoms with Crippen molar-refractivity contribution in [3.63, 3.8) is 0 Å². The Bertz CT molecular complexity index is 401. The molecule has 0 amide bonds. The van der Waals surface area contributed by atoms with Crippen molar-refractivity contribution in [2.24, 2.45) is 35.5 Å². The molecule has 0 N–H and O–H groups in total. The van der Waals surface area contributed by atoms with E-state index in [9.17, 15) is 17.6 Å². The Balaban J connectivity index is 1.84. The van der Waals surface area contributed by atoms with Gasteiger partial charge in [0.2, 0.25) is 0 Å². The van der Waals surface area contributed by atoms with Crippen LogP contribution < -0.4 is 0 Å². The second-order valence-electron chi connectivity index (χ2n) is 8.13.